The first-order chi connectivity index (χ1) is 8.28. The molecule has 18 heavy (non-hydrogen) atoms. The Labute approximate surface area is 110 Å². The minimum absolute atomic E-state index is 0.0594. The third kappa shape index (κ3) is 2.48. The van der Waals surface area contributed by atoms with Crippen LogP contribution in [0.25, 0.3) is 5.52 Å². The van der Waals surface area contributed by atoms with Crippen LogP contribution in [0.3, 0.4) is 0 Å². The molecule has 0 aliphatic heterocycles. The van der Waals surface area contributed by atoms with Gasteiger partial charge in [-0.1, -0.05) is 32.4 Å². The van der Waals surface area contributed by atoms with Crippen molar-refractivity contribution in [2.24, 2.45) is 5.41 Å². The lowest BCUT2D eigenvalue weighted by Gasteiger charge is -2.16. The first-order valence-corrected chi connectivity index (χ1v) is 6.05. The number of hydrogen-bond donors (Lipinski definition) is 1. The van der Waals surface area contributed by atoms with Crippen molar-refractivity contribution in [3.63, 3.8) is 0 Å². The molecule has 0 amide bonds. The van der Waals surface area contributed by atoms with E-state index in [-0.39, 0.29) is 11.0 Å². The van der Waals surface area contributed by atoms with Gasteiger partial charge in [0, 0.05) is 12.6 Å². The highest BCUT2D eigenvalue weighted by molar-refractivity contribution is 6.32. The van der Waals surface area contributed by atoms with E-state index >= 15 is 0 Å². The van der Waals surface area contributed by atoms with Crippen LogP contribution >= 0.6 is 11.6 Å². The summed E-state index contributed by atoms with van der Waals surface area (Å²) in [6.45, 7) is 6.30. The van der Waals surface area contributed by atoms with Crippen molar-refractivity contribution in [3.8, 4) is 0 Å². The molecule has 2 aromatic heterocycles. The van der Waals surface area contributed by atoms with Gasteiger partial charge in [-0.15, -0.1) is 0 Å². The number of pyridine rings is 1. The van der Waals surface area contributed by atoms with E-state index < -0.39 is 5.97 Å². The standard InChI is InChI=1S/C13H15ClN2O2/c1-13(2,3)6-10-15-11(14)9-5-4-8(12(17)18)7-16(9)10/h4-5,7H,6H2,1-3H3,(H,17,18). The molecule has 2 aromatic rings. The highest BCUT2D eigenvalue weighted by atomic mass is 35.5. The summed E-state index contributed by atoms with van der Waals surface area (Å²) in [6, 6.07) is 3.22. The molecule has 0 fully saturated rings. The van der Waals surface area contributed by atoms with E-state index in [1.54, 1.807) is 16.7 Å². The van der Waals surface area contributed by atoms with E-state index in [4.69, 9.17) is 16.7 Å². The van der Waals surface area contributed by atoms with Crippen LogP contribution in [0.4, 0.5) is 0 Å². The van der Waals surface area contributed by atoms with Crippen molar-refractivity contribution in [3.05, 3.63) is 34.9 Å². The molecule has 0 saturated heterocycles. The average molecular weight is 267 g/mol. The number of aromatic carboxylic acids is 1. The quantitative estimate of drug-likeness (QED) is 0.908. The minimum atomic E-state index is -0.955. The van der Waals surface area contributed by atoms with Crippen molar-refractivity contribution >= 4 is 23.1 Å². The Morgan fingerprint density at radius 3 is 2.67 bits per heavy atom. The second kappa shape index (κ2) is 4.28. The number of carbonyl (C=O) groups is 1. The zero-order chi connectivity index (χ0) is 13.5. The second-order valence-electron chi connectivity index (χ2n) is 5.53. The maximum absolute atomic E-state index is 11.0. The van der Waals surface area contributed by atoms with E-state index in [0.29, 0.717) is 5.15 Å². The van der Waals surface area contributed by atoms with Crippen LogP contribution in [0.15, 0.2) is 18.3 Å². The van der Waals surface area contributed by atoms with Crippen LogP contribution in [-0.4, -0.2) is 20.5 Å². The first-order valence-electron chi connectivity index (χ1n) is 5.68. The number of rotatable bonds is 2. The molecule has 96 valence electrons. The summed E-state index contributed by atoms with van der Waals surface area (Å²) in [4.78, 5) is 15.3. The third-order valence-electron chi connectivity index (χ3n) is 2.60. The van der Waals surface area contributed by atoms with Gasteiger partial charge in [-0.05, 0) is 17.5 Å². The molecule has 1 N–H and O–H groups in total. The largest absolute Gasteiger partial charge is 0.478 e. The molecule has 2 rings (SSSR count). The molecule has 2 heterocycles. The molecule has 0 saturated carbocycles. The van der Waals surface area contributed by atoms with Gasteiger partial charge in [0.25, 0.3) is 0 Å². The van der Waals surface area contributed by atoms with Gasteiger partial charge in [-0.2, -0.15) is 0 Å². The maximum Gasteiger partial charge on any atom is 0.337 e. The highest BCUT2D eigenvalue weighted by Gasteiger charge is 2.18. The first kappa shape index (κ1) is 12.9. The van der Waals surface area contributed by atoms with E-state index in [0.717, 1.165) is 17.8 Å². The molecule has 0 atom stereocenters. The molecule has 4 nitrogen and oxygen atoms in total. The fraction of sp³-hybridized carbons (Fsp3) is 0.385. The minimum Gasteiger partial charge on any atom is -0.478 e. The van der Waals surface area contributed by atoms with Gasteiger partial charge in [0.15, 0.2) is 5.15 Å². The van der Waals surface area contributed by atoms with Crippen LogP contribution in [-0.2, 0) is 6.42 Å². The van der Waals surface area contributed by atoms with Crippen molar-refractivity contribution < 1.29 is 9.90 Å². The molecule has 0 aromatic carbocycles. The molecular formula is C13H15ClN2O2. The number of imidazole rings is 1. The lowest BCUT2D eigenvalue weighted by Crippen LogP contribution is -2.12. The predicted molar refractivity (Wildman–Crippen MR) is 70.3 cm³/mol. The van der Waals surface area contributed by atoms with Gasteiger partial charge in [-0.25, -0.2) is 9.78 Å². The summed E-state index contributed by atoms with van der Waals surface area (Å²) in [6.07, 6.45) is 2.29. The molecule has 0 bridgehead atoms. The monoisotopic (exact) mass is 266 g/mol. The van der Waals surface area contributed by atoms with Crippen LogP contribution in [0.1, 0.15) is 37.0 Å². The Morgan fingerprint density at radius 2 is 2.11 bits per heavy atom. The Balaban J connectivity index is 2.59. The zero-order valence-corrected chi connectivity index (χ0v) is 11.3. The topological polar surface area (TPSA) is 54.6 Å². The maximum atomic E-state index is 11.0. The fourth-order valence-corrected chi connectivity index (χ4v) is 2.08. The third-order valence-corrected chi connectivity index (χ3v) is 2.88. The number of halogens is 1. The summed E-state index contributed by atoms with van der Waals surface area (Å²) in [5.74, 6) is -0.172. The lowest BCUT2D eigenvalue weighted by molar-refractivity contribution is 0.0696. The van der Waals surface area contributed by atoms with Crippen LogP contribution in [0.2, 0.25) is 5.15 Å². The Hall–Kier alpha value is -1.55. The smallest absolute Gasteiger partial charge is 0.337 e. The van der Waals surface area contributed by atoms with Crippen molar-refractivity contribution in [1.29, 1.82) is 0 Å². The zero-order valence-electron chi connectivity index (χ0n) is 10.6. The van der Waals surface area contributed by atoms with Gasteiger partial charge in [0.2, 0.25) is 0 Å². The van der Waals surface area contributed by atoms with Gasteiger partial charge in [-0.3, -0.25) is 0 Å². The number of fused-ring (bicyclic) bond motifs is 1. The lowest BCUT2D eigenvalue weighted by atomic mass is 9.92. The molecule has 0 radical (unpaired) electrons. The summed E-state index contributed by atoms with van der Waals surface area (Å²) < 4.78 is 1.76. The molecule has 5 heteroatoms. The van der Waals surface area contributed by atoms with Crippen molar-refractivity contribution in [2.75, 3.05) is 0 Å². The normalized spacial score (nSPS) is 12.0. The molecule has 0 aliphatic rings. The number of nitrogens with zero attached hydrogens (tertiary/aromatic N) is 2. The predicted octanol–water partition coefficient (Wildman–Crippen LogP) is 3.27. The van der Waals surface area contributed by atoms with Crippen LogP contribution in [0.5, 0.6) is 0 Å². The molecule has 0 aliphatic carbocycles. The van der Waals surface area contributed by atoms with Crippen molar-refractivity contribution in [2.45, 2.75) is 27.2 Å². The van der Waals surface area contributed by atoms with Gasteiger partial charge in [0.1, 0.15) is 5.82 Å². The SMILES string of the molecule is CC(C)(C)Cc1nc(Cl)c2ccc(C(=O)O)cn12. The summed E-state index contributed by atoms with van der Waals surface area (Å²) in [7, 11) is 0. The van der Waals surface area contributed by atoms with E-state index in [9.17, 15) is 4.79 Å². The second-order valence-corrected chi connectivity index (χ2v) is 5.89. The molecule has 0 unspecified atom stereocenters. The number of carboxylic acid groups (broad SMARTS) is 1. The Bertz CT molecular complexity index is 611. The molecular weight excluding hydrogens is 252 g/mol. The summed E-state index contributed by atoms with van der Waals surface area (Å²) in [5.41, 5.74) is 1.02. The Morgan fingerprint density at radius 1 is 1.44 bits per heavy atom. The van der Waals surface area contributed by atoms with E-state index in [1.807, 2.05) is 0 Å². The fourth-order valence-electron chi connectivity index (χ4n) is 1.83. The summed E-state index contributed by atoms with van der Waals surface area (Å²) >= 11 is 6.06. The van der Waals surface area contributed by atoms with E-state index in [2.05, 4.69) is 25.8 Å². The number of hydrogen-bond acceptors (Lipinski definition) is 2. The van der Waals surface area contributed by atoms with Crippen LogP contribution < -0.4 is 0 Å². The Kier molecular flexibility index (Phi) is 3.07. The van der Waals surface area contributed by atoms with Gasteiger partial charge >= 0.3 is 5.97 Å². The number of aromatic nitrogens is 2. The van der Waals surface area contributed by atoms with Gasteiger partial charge < -0.3 is 9.51 Å². The van der Waals surface area contributed by atoms with E-state index in [1.165, 1.54) is 6.07 Å². The molecule has 0 spiro atoms. The number of carboxylic acids is 1. The van der Waals surface area contributed by atoms with Crippen molar-refractivity contribution in [1.82, 2.24) is 9.38 Å². The average Bonchev–Trinajstić information content (AvgIpc) is 2.53. The summed E-state index contributed by atoms with van der Waals surface area (Å²) in [5, 5.41) is 9.42. The van der Waals surface area contributed by atoms with Crippen LogP contribution in [0, 0.1) is 5.41 Å². The van der Waals surface area contributed by atoms with Gasteiger partial charge in [0.05, 0.1) is 11.1 Å². The highest BCUT2D eigenvalue weighted by Crippen LogP contribution is 2.25.